The van der Waals surface area contributed by atoms with Gasteiger partial charge in [-0.05, 0) is 127 Å². The first-order valence-electron chi connectivity index (χ1n) is 24.3. The number of hydrogen-bond donors (Lipinski definition) is 0. The first-order valence-corrected chi connectivity index (χ1v) is 24.3. The molecule has 2 heteroatoms. The van der Waals surface area contributed by atoms with Crippen molar-refractivity contribution in [3.63, 3.8) is 0 Å². The van der Waals surface area contributed by atoms with Gasteiger partial charge in [-0.15, -0.1) is 0 Å². The fourth-order valence-corrected chi connectivity index (χ4v) is 12.6. The van der Waals surface area contributed by atoms with E-state index in [1.165, 1.54) is 88.6 Å². The molecule has 12 aromatic rings. The summed E-state index contributed by atoms with van der Waals surface area (Å²) in [5.41, 5.74) is 21.0. The highest BCUT2D eigenvalue weighted by Gasteiger charge is 2.57. The zero-order chi connectivity index (χ0) is 46.2. The zero-order valence-corrected chi connectivity index (χ0v) is 38.5. The highest BCUT2D eigenvalue weighted by Crippen LogP contribution is 2.65. The van der Waals surface area contributed by atoms with Gasteiger partial charge in [0.2, 0.25) is 0 Å². The lowest BCUT2D eigenvalue weighted by atomic mass is 9.52. The van der Waals surface area contributed by atoms with Gasteiger partial charge >= 0.3 is 0 Å². The van der Waals surface area contributed by atoms with Crippen LogP contribution in [0.3, 0.4) is 0 Å². The van der Waals surface area contributed by atoms with Gasteiger partial charge in [0.15, 0.2) is 0 Å². The van der Waals surface area contributed by atoms with Gasteiger partial charge in [0.05, 0.1) is 21.9 Å². The molecule has 1 heterocycles. The van der Waals surface area contributed by atoms with Crippen molar-refractivity contribution < 1.29 is 0 Å². The van der Waals surface area contributed by atoms with Crippen LogP contribution in [0.2, 0.25) is 0 Å². The first kappa shape index (κ1) is 40.1. The van der Waals surface area contributed by atoms with E-state index in [9.17, 15) is 0 Å². The van der Waals surface area contributed by atoms with Crippen LogP contribution in [0.5, 0.6) is 0 Å². The van der Waals surface area contributed by atoms with Gasteiger partial charge in [-0.3, -0.25) is 0 Å². The van der Waals surface area contributed by atoms with Crippen molar-refractivity contribution in [3.8, 4) is 27.9 Å². The summed E-state index contributed by atoms with van der Waals surface area (Å²) >= 11 is 0. The Bertz CT molecular complexity index is 3910. The number of aromatic nitrogens is 1. The summed E-state index contributed by atoms with van der Waals surface area (Å²) in [6.07, 6.45) is 0. The lowest BCUT2D eigenvalue weighted by Gasteiger charge is -2.49. The molecule has 0 bridgehead atoms. The second-order valence-corrected chi connectivity index (χ2v) is 18.7. The van der Waals surface area contributed by atoms with Crippen molar-refractivity contribution in [2.75, 3.05) is 4.90 Å². The van der Waals surface area contributed by atoms with E-state index >= 15 is 0 Å². The van der Waals surface area contributed by atoms with Crippen molar-refractivity contribution in [3.05, 3.63) is 324 Å². The molecule has 70 heavy (non-hydrogen) atoms. The van der Waals surface area contributed by atoms with Crippen LogP contribution < -0.4 is 4.90 Å². The molecule has 0 aliphatic heterocycles. The minimum Gasteiger partial charge on any atom is -0.310 e. The second-order valence-electron chi connectivity index (χ2n) is 18.7. The molecule has 2 aliphatic carbocycles. The molecular formula is C68H46N2. The predicted molar refractivity (Wildman–Crippen MR) is 290 cm³/mol. The smallest absolute Gasteiger partial charge is 0.0720 e. The van der Waals surface area contributed by atoms with Crippen molar-refractivity contribution in [2.45, 2.75) is 10.8 Å². The largest absolute Gasteiger partial charge is 0.310 e. The summed E-state index contributed by atoms with van der Waals surface area (Å²) in [6.45, 7) is 0. The van der Waals surface area contributed by atoms with Crippen LogP contribution in [-0.4, -0.2) is 4.57 Å². The SMILES string of the molecule is c1ccc(-c2ccc(N(c3ccc(C4(c5ccccc5)c5ccccc5C5(c6ccccc6)c6ccccc6-c6cccc4c65)cc3)c3ccc4c(c3)c3ccccc3n4-c3ccccc3)cc2)cc1. The molecule has 2 atom stereocenters. The molecule has 14 rings (SSSR count). The Labute approximate surface area is 408 Å². The van der Waals surface area contributed by atoms with Crippen molar-refractivity contribution in [1.82, 2.24) is 4.57 Å². The molecule has 328 valence electrons. The van der Waals surface area contributed by atoms with Crippen molar-refractivity contribution in [1.29, 1.82) is 0 Å². The third-order valence-electron chi connectivity index (χ3n) is 15.3. The van der Waals surface area contributed by atoms with Gasteiger partial charge in [0, 0.05) is 33.5 Å². The summed E-state index contributed by atoms with van der Waals surface area (Å²) < 4.78 is 2.39. The second kappa shape index (κ2) is 15.8. The van der Waals surface area contributed by atoms with E-state index in [2.05, 4.69) is 289 Å². The molecule has 0 spiro atoms. The fourth-order valence-electron chi connectivity index (χ4n) is 12.6. The average molecular weight is 891 g/mol. The Hall–Kier alpha value is -8.98. The maximum Gasteiger partial charge on any atom is 0.0720 e. The molecule has 11 aromatic carbocycles. The minimum atomic E-state index is -0.637. The Morgan fingerprint density at radius 2 is 0.757 bits per heavy atom. The van der Waals surface area contributed by atoms with E-state index in [1.807, 2.05) is 0 Å². The standard InChI is InChI=1S/C68H46N2/c1-5-20-47(21-6-1)48-36-40-53(41-37-48)69(55-44-45-65-59(46-55)57-29-14-18-35-64(57)70(65)52-26-11-4-12-27-52)54-42-38-51(39-43-54)67(49-22-7-2-8-23-49)61-32-16-17-33-62(61)68(50-24-9-3-10-25-50)60-31-15-13-28-56(60)58-30-19-34-63(67)66(58)68/h1-46H. The quantitative estimate of drug-likeness (QED) is 0.148. The number of benzene rings is 11. The normalized spacial score (nSPS) is 16.4. The Morgan fingerprint density at radius 1 is 0.286 bits per heavy atom. The van der Waals surface area contributed by atoms with E-state index in [4.69, 9.17) is 0 Å². The lowest BCUT2D eigenvalue weighted by molar-refractivity contribution is 0.626. The molecule has 1 aromatic heterocycles. The highest BCUT2D eigenvalue weighted by molar-refractivity contribution is 6.10. The van der Waals surface area contributed by atoms with Crippen LogP contribution in [-0.2, 0) is 10.8 Å². The predicted octanol–water partition coefficient (Wildman–Crippen LogP) is 17.0. The molecule has 0 N–H and O–H groups in total. The molecule has 2 aliphatic rings. The average Bonchev–Trinajstić information content (AvgIpc) is 3.96. The number of para-hydroxylation sites is 2. The van der Waals surface area contributed by atoms with Gasteiger partial charge in [-0.1, -0.05) is 218 Å². The van der Waals surface area contributed by atoms with Crippen LogP contribution in [0.4, 0.5) is 17.1 Å². The van der Waals surface area contributed by atoms with Crippen molar-refractivity contribution in [2.24, 2.45) is 0 Å². The van der Waals surface area contributed by atoms with Crippen LogP contribution in [0.1, 0.15) is 44.5 Å². The van der Waals surface area contributed by atoms with Crippen LogP contribution in [0.25, 0.3) is 49.7 Å². The maximum atomic E-state index is 2.42. The van der Waals surface area contributed by atoms with Crippen LogP contribution >= 0.6 is 0 Å². The molecule has 0 saturated carbocycles. The Kier molecular flexibility index (Phi) is 9.06. The van der Waals surface area contributed by atoms with Gasteiger partial charge < -0.3 is 9.47 Å². The Morgan fingerprint density at radius 3 is 1.46 bits per heavy atom. The maximum absolute atomic E-state index is 2.42. The topological polar surface area (TPSA) is 8.17 Å². The number of anilines is 3. The minimum absolute atomic E-state index is 0.496. The molecule has 0 saturated heterocycles. The highest BCUT2D eigenvalue weighted by atomic mass is 15.1. The number of nitrogens with zero attached hydrogens (tertiary/aromatic N) is 2. The van der Waals surface area contributed by atoms with Gasteiger partial charge in [0.1, 0.15) is 0 Å². The molecular weight excluding hydrogens is 845 g/mol. The number of fused-ring (bicyclic) bond motifs is 8. The molecule has 2 unspecified atom stereocenters. The summed E-state index contributed by atoms with van der Waals surface area (Å²) in [5, 5.41) is 2.44. The first-order chi connectivity index (χ1) is 34.7. The summed E-state index contributed by atoms with van der Waals surface area (Å²) in [6, 6.07) is 104. The third kappa shape index (κ3) is 5.68. The van der Waals surface area contributed by atoms with E-state index in [1.54, 1.807) is 0 Å². The van der Waals surface area contributed by atoms with E-state index < -0.39 is 10.8 Å². The van der Waals surface area contributed by atoms with E-state index in [-0.39, 0.29) is 0 Å². The van der Waals surface area contributed by atoms with E-state index in [0.29, 0.717) is 0 Å². The summed E-state index contributed by atoms with van der Waals surface area (Å²) in [4.78, 5) is 2.42. The number of hydrogen-bond acceptors (Lipinski definition) is 1. The van der Waals surface area contributed by atoms with Gasteiger partial charge in [-0.2, -0.15) is 0 Å². The third-order valence-corrected chi connectivity index (χ3v) is 15.3. The van der Waals surface area contributed by atoms with Gasteiger partial charge in [0.25, 0.3) is 0 Å². The summed E-state index contributed by atoms with van der Waals surface area (Å²) in [7, 11) is 0. The van der Waals surface area contributed by atoms with Crippen molar-refractivity contribution >= 4 is 38.9 Å². The zero-order valence-electron chi connectivity index (χ0n) is 38.5. The Balaban J connectivity index is 0.998. The number of rotatable bonds is 8. The monoisotopic (exact) mass is 890 g/mol. The molecule has 0 radical (unpaired) electrons. The molecule has 2 nitrogen and oxygen atoms in total. The molecule has 0 amide bonds. The molecule has 0 fully saturated rings. The van der Waals surface area contributed by atoms with Crippen LogP contribution in [0, 0.1) is 0 Å². The van der Waals surface area contributed by atoms with Gasteiger partial charge in [-0.25, -0.2) is 0 Å². The lowest BCUT2D eigenvalue weighted by Crippen LogP contribution is -2.44. The van der Waals surface area contributed by atoms with E-state index in [0.717, 1.165) is 22.7 Å². The van der Waals surface area contributed by atoms with Crippen LogP contribution in [0.15, 0.2) is 279 Å². The summed E-state index contributed by atoms with van der Waals surface area (Å²) in [5.74, 6) is 0. The fraction of sp³-hybridized carbons (Fsp3) is 0.0294.